The first-order chi connectivity index (χ1) is 7.83. The smallest absolute Gasteiger partial charge is 0.0985 e. The van der Waals surface area contributed by atoms with E-state index in [2.05, 4.69) is 6.92 Å². The Labute approximate surface area is 104 Å². The lowest BCUT2D eigenvalue weighted by molar-refractivity contribution is -0.134. The zero-order chi connectivity index (χ0) is 12.7. The number of aliphatic hydroxyl groups is 2. The highest BCUT2D eigenvalue weighted by atomic mass is 16.5. The van der Waals surface area contributed by atoms with E-state index in [9.17, 15) is 10.2 Å². The fourth-order valence-electron chi connectivity index (χ4n) is 3.84. The molecule has 0 amide bonds. The Morgan fingerprint density at radius 2 is 2.06 bits per heavy atom. The summed E-state index contributed by atoms with van der Waals surface area (Å²) in [5, 5.41) is 20.8. The van der Waals surface area contributed by atoms with Crippen molar-refractivity contribution < 1.29 is 14.9 Å². The molecule has 0 aromatic rings. The maximum atomic E-state index is 10.9. The Morgan fingerprint density at radius 1 is 1.35 bits per heavy atom. The first-order valence-corrected chi connectivity index (χ1v) is 6.80. The fraction of sp³-hybridized carbons (Fsp3) is 1.00. The summed E-state index contributed by atoms with van der Waals surface area (Å²) in [7, 11) is 0. The Morgan fingerprint density at radius 3 is 2.53 bits per heavy atom. The predicted molar refractivity (Wildman–Crippen MR) is 66.7 cm³/mol. The molecule has 3 atom stereocenters. The minimum absolute atomic E-state index is 0.0767. The van der Waals surface area contributed by atoms with Crippen LogP contribution < -0.4 is 0 Å². The normalized spacial score (nSPS) is 46.1. The molecule has 2 rings (SSSR count). The number of ether oxygens (including phenoxy) is 1. The van der Waals surface area contributed by atoms with Gasteiger partial charge in [-0.1, -0.05) is 19.8 Å². The van der Waals surface area contributed by atoms with E-state index in [4.69, 9.17) is 4.74 Å². The molecule has 3 heteroatoms. The monoisotopic (exact) mass is 242 g/mol. The Kier molecular flexibility index (Phi) is 3.30. The van der Waals surface area contributed by atoms with E-state index in [1.54, 1.807) is 0 Å². The second kappa shape index (κ2) is 4.22. The van der Waals surface area contributed by atoms with Crippen LogP contribution in [0.2, 0.25) is 0 Å². The van der Waals surface area contributed by atoms with Crippen molar-refractivity contribution in [2.24, 2.45) is 11.3 Å². The minimum Gasteiger partial charge on any atom is -0.396 e. The first-order valence-electron chi connectivity index (χ1n) is 6.80. The van der Waals surface area contributed by atoms with Gasteiger partial charge in [0.05, 0.1) is 24.4 Å². The lowest BCUT2D eigenvalue weighted by atomic mass is 9.60. The molecule has 0 aromatic heterocycles. The van der Waals surface area contributed by atoms with Gasteiger partial charge in [0, 0.05) is 11.8 Å². The van der Waals surface area contributed by atoms with Crippen LogP contribution in [-0.2, 0) is 4.74 Å². The number of hydrogen-bond donors (Lipinski definition) is 2. The molecule has 1 saturated heterocycles. The minimum atomic E-state index is -0.847. The molecule has 3 nitrogen and oxygen atoms in total. The molecule has 0 aromatic carbocycles. The van der Waals surface area contributed by atoms with Crippen molar-refractivity contribution in [3.8, 4) is 0 Å². The van der Waals surface area contributed by atoms with Crippen molar-refractivity contribution in [2.75, 3.05) is 13.2 Å². The van der Waals surface area contributed by atoms with Crippen LogP contribution in [0.15, 0.2) is 0 Å². The van der Waals surface area contributed by atoms with Crippen LogP contribution in [0.3, 0.4) is 0 Å². The third-order valence-electron chi connectivity index (χ3n) is 4.80. The summed E-state index contributed by atoms with van der Waals surface area (Å²) < 4.78 is 5.71. The van der Waals surface area contributed by atoms with Gasteiger partial charge in [0.15, 0.2) is 0 Å². The lowest BCUT2D eigenvalue weighted by Gasteiger charge is -2.48. The van der Waals surface area contributed by atoms with Crippen molar-refractivity contribution >= 4 is 0 Å². The van der Waals surface area contributed by atoms with Gasteiger partial charge in [0.1, 0.15) is 0 Å². The zero-order valence-corrected chi connectivity index (χ0v) is 11.3. The van der Waals surface area contributed by atoms with Crippen LogP contribution in [0, 0.1) is 11.3 Å². The Bertz CT molecular complexity index is 289. The molecule has 100 valence electrons. The molecular formula is C14H26O3. The third kappa shape index (κ3) is 2.25. The largest absolute Gasteiger partial charge is 0.396 e. The highest BCUT2D eigenvalue weighted by Crippen LogP contribution is 2.52. The van der Waals surface area contributed by atoms with Crippen LogP contribution >= 0.6 is 0 Å². The molecule has 2 fully saturated rings. The van der Waals surface area contributed by atoms with Crippen LogP contribution in [0.4, 0.5) is 0 Å². The van der Waals surface area contributed by atoms with Gasteiger partial charge >= 0.3 is 0 Å². The van der Waals surface area contributed by atoms with Gasteiger partial charge in [-0.25, -0.2) is 0 Å². The van der Waals surface area contributed by atoms with Crippen LogP contribution in [0.1, 0.15) is 52.9 Å². The van der Waals surface area contributed by atoms with Gasteiger partial charge in [-0.3, -0.25) is 0 Å². The quantitative estimate of drug-likeness (QED) is 0.779. The summed E-state index contributed by atoms with van der Waals surface area (Å²) in [4.78, 5) is 0. The van der Waals surface area contributed by atoms with Crippen LogP contribution in [0.5, 0.6) is 0 Å². The maximum Gasteiger partial charge on any atom is 0.0985 e. The summed E-state index contributed by atoms with van der Waals surface area (Å²) in [5.74, 6) is 0.587. The lowest BCUT2D eigenvalue weighted by Crippen LogP contribution is -2.54. The van der Waals surface area contributed by atoms with E-state index in [0.717, 1.165) is 19.3 Å². The third-order valence-corrected chi connectivity index (χ3v) is 4.80. The van der Waals surface area contributed by atoms with Gasteiger partial charge in [-0.15, -0.1) is 0 Å². The Hall–Kier alpha value is -0.120. The summed E-state index contributed by atoms with van der Waals surface area (Å²) in [5.41, 5.74) is -1.46. The SMILES string of the molecule is CC1CCCC(CO)(C2(O)COC(C)(C)C2)C1. The van der Waals surface area contributed by atoms with E-state index in [0.29, 0.717) is 18.9 Å². The topological polar surface area (TPSA) is 49.7 Å². The van der Waals surface area contributed by atoms with Crippen molar-refractivity contribution in [1.29, 1.82) is 0 Å². The first kappa shape index (κ1) is 13.3. The Balaban J connectivity index is 2.23. The number of hydrogen-bond acceptors (Lipinski definition) is 3. The average molecular weight is 242 g/mol. The molecule has 1 saturated carbocycles. The fourth-order valence-corrected chi connectivity index (χ4v) is 3.84. The van der Waals surface area contributed by atoms with Gasteiger partial charge in [-0.05, 0) is 32.6 Å². The molecular weight excluding hydrogens is 216 g/mol. The van der Waals surface area contributed by atoms with Crippen molar-refractivity contribution in [2.45, 2.75) is 64.1 Å². The summed E-state index contributed by atoms with van der Waals surface area (Å²) >= 11 is 0. The van der Waals surface area contributed by atoms with Crippen molar-refractivity contribution in [3.05, 3.63) is 0 Å². The number of rotatable bonds is 2. The summed E-state index contributed by atoms with van der Waals surface area (Å²) in [6.07, 6.45) is 4.78. The van der Waals surface area contributed by atoms with E-state index >= 15 is 0 Å². The maximum absolute atomic E-state index is 10.9. The molecule has 2 aliphatic rings. The van der Waals surface area contributed by atoms with Gasteiger partial charge < -0.3 is 14.9 Å². The van der Waals surface area contributed by atoms with Gasteiger partial charge in [0.2, 0.25) is 0 Å². The standard InChI is InChI=1S/C14H26O3/c1-11-5-4-6-13(7-11,9-15)14(16)8-12(2,3)17-10-14/h11,15-16H,4-10H2,1-3H3. The summed E-state index contributed by atoms with van der Waals surface area (Å²) in [6, 6.07) is 0. The molecule has 3 unspecified atom stereocenters. The van der Waals surface area contributed by atoms with E-state index in [-0.39, 0.29) is 17.6 Å². The van der Waals surface area contributed by atoms with E-state index in [1.807, 2.05) is 13.8 Å². The van der Waals surface area contributed by atoms with E-state index < -0.39 is 5.60 Å². The highest BCUT2D eigenvalue weighted by Gasteiger charge is 2.57. The predicted octanol–water partition coefficient (Wildman–Crippen LogP) is 2.11. The molecule has 0 bridgehead atoms. The zero-order valence-electron chi connectivity index (χ0n) is 11.3. The molecule has 1 aliphatic heterocycles. The molecule has 1 aliphatic carbocycles. The summed E-state index contributed by atoms with van der Waals surface area (Å²) in [6.45, 7) is 6.69. The second-order valence-corrected chi connectivity index (χ2v) is 6.90. The van der Waals surface area contributed by atoms with Gasteiger partial charge in [-0.2, -0.15) is 0 Å². The highest BCUT2D eigenvalue weighted by molar-refractivity contribution is 5.07. The average Bonchev–Trinajstić information content (AvgIpc) is 2.54. The molecule has 1 heterocycles. The van der Waals surface area contributed by atoms with Crippen LogP contribution in [0.25, 0.3) is 0 Å². The van der Waals surface area contributed by atoms with Crippen LogP contribution in [-0.4, -0.2) is 34.6 Å². The van der Waals surface area contributed by atoms with Crippen molar-refractivity contribution in [3.63, 3.8) is 0 Å². The van der Waals surface area contributed by atoms with Gasteiger partial charge in [0.25, 0.3) is 0 Å². The molecule has 0 spiro atoms. The number of aliphatic hydroxyl groups excluding tert-OH is 1. The molecule has 0 radical (unpaired) electrons. The molecule has 2 N–H and O–H groups in total. The van der Waals surface area contributed by atoms with Crippen molar-refractivity contribution in [1.82, 2.24) is 0 Å². The second-order valence-electron chi connectivity index (χ2n) is 6.90. The van der Waals surface area contributed by atoms with E-state index in [1.165, 1.54) is 6.42 Å². The molecule has 17 heavy (non-hydrogen) atoms.